The number of aryl methyl sites for hydroxylation is 1. The van der Waals surface area contributed by atoms with Gasteiger partial charge in [-0.05, 0) is 48.6 Å². The number of morpholine rings is 1. The quantitative estimate of drug-likeness (QED) is 0.708. The second-order valence-electron chi connectivity index (χ2n) is 8.21. The molecule has 0 radical (unpaired) electrons. The number of hydrogen-bond acceptors (Lipinski definition) is 4. The van der Waals surface area contributed by atoms with Gasteiger partial charge in [-0.25, -0.2) is 8.42 Å². The summed E-state index contributed by atoms with van der Waals surface area (Å²) >= 11 is 6.57. The Bertz CT molecular complexity index is 1090. The number of sulfonamides is 1. The molecule has 7 heteroatoms. The summed E-state index contributed by atoms with van der Waals surface area (Å²) in [7, 11) is -3.48. The summed E-state index contributed by atoms with van der Waals surface area (Å²) in [6, 6.07) is 11.5. The van der Waals surface area contributed by atoms with Gasteiger partial charge < -0.3 is 10.1 Å². The van der Waals surface area contributed by atoms with E-state index in [9.17, 15) is 8.42 Å². The fraction of sp³-hybridized carbons (Fsp3) is 0.391. The molecule has 1 saturated heterocycles. The van der Waals surface area contributed by atoms with Gasteiger partial charge in [0.1, 0.15) is 0 Å². The number of fused-ring (bicyclic) bond motifs is 3. The van der Waals surface area contributed by atoms with E-state index >= 15 is 0 Å². The Balaban J connectivity index is 1.47. The van der Waals surface area contributed by atoms with Crippen molar-refractivity contribution in [1.29, 1.82) is 0 Å². The minimum atomic E-state index is -3.48. The van der Waals surface area contributed by atoms with Crippen molar-refractivity contribution in [3.63, 3.8) is 0 Å². The zero-order chi connectivity index (χ0) is 20.9. The van der Waals surface area contributed by atoms with E-state index in [1.165, 1.54) is 15.4 Å². The van der Waals surface area contributed by atoms with Crippen LogP contribution in [-0.2, 0) is 14.8 Å². The molecule has 0 spiro atoms. The molecule has 0 bridgehead atoms. The molecule has 2 aromatic carbocycles. The zero-order valence-electron chi connectivity index (χ0n) is 16.8. The summed E-state index contributed by atoms with van der Waals surface area (Å²) in [6.45, 7) is 3.79. The van der Waals surface area contributed by atoms with Crippen molar-refractivity contribution in [2.75, 3.05) is 31.6 Å². The van der Waals surface area contributed by atoms with Gasteiger partial charge >= 0.3 is 0 Å². The second-order valence-corrected chi connectivity index (χ2v) is 10.6. The maximum Gasteiger partial charge on any atom is 0.243 e. The van der Waals surface area contributed by atoms with Gasteiger partial charge in [0.25, 0.3) is 0 Å². The number of ether oxygens (including phenoxy) is 1. The summed E-state index contributed by atoms with van der Waals surface area (Å²) in [6.07, 6.45) is 5.47. The first kappa shape index (κ1) is 20.1. The van der Waals surface area contributed by atoms with Crippen LogP contribution >= 0.6 is 11.6 Å². The van der Waals surface area contributed by atoms with E-state index in [4.69, 9.17) is 16.3 Å². The Hall–Kier alpha value is -1.86. The molecular formula is C23H25ClN2O3S. The molecule has 1 fully saturated rings. The number of allylic oxidation sites excluding steroid dienone is 2. The Morgan fingerprint density at radius 2 is 1.83 bits per heavy atom. The predicted molar refractivity (Wildman–Crippen MR) is 119 cm³/mol. The van der Waals surface area contributed by atoms with E-state index in [1.807, 2.05) is 24.3 Å². The highest BCUT2D eigenvalue weighted by Gasteiger charge is 2.39. The lowest BCUT2D eigenvalue weighted by Crippen LogP contribution is -2.40. The first-order valence-corrected chi connectivity index (χ1v) is 12.2. The third kappa shape index (κ3) is 3.26. The number of nitrogens with one attached hydrogen (secondary N) is 1. The summed E-state index contributed by atoms with van der Waals surface area (Å²) in [5.41, 5.74) is 4.55. The van der Waals surface area contributed by atoms with Crippen molar-refractivity contribution in [3.05, 3.63) is 70.3 Å². The molecule has 5 nitrogen and oxygen atoms in total. The number of hydrogen-bond donors (Lipinski definition) is 1. The van der Waals surface area contributed by atoms with Crippen molar-refractivity contribution in [3.8, 4) is 0 Å². The third-order valence-corrected chi connectivity index (χ3v) is 8.76. The van der Waals surface area contributed by atoms with Crippen LogP contribution in [0.3, 0.4) is 0 Å². The normalized spacial score (nSPS) is 26.1. The van der Waals surface area contributed by atoms with Crippen LogP contribution < -0.4 is 5.32 Å². The number of halogens is 1. The summed E-state index contributed by atoms with van der Waals surface area (Å²) in [5, 5.41) is 4.52. The van der Waals surface area contributed by atoms with Gasteiger partial charge in [0.05, 0.1) is 24.2 Å². The molecule has 3 unspecified atom stereocenters. The Morgan fingerprint density at radius 1 is 1.10 bits per heavy atom. The number of benzene rings is 2. The molecule has 158 valence electrons. The van der Waals surface area contributed by atoms with Gasteiger partial charge in [-0.15, -0.1) is 0 Å². The first-order valence-electron chi connectivity index (χ1n) is 10.4. The number of anilines is 1. The summed E-state index contributed by atoms with van der Waals surface area (Å²) < 4.78 is 32.7. The van der Waals surface area contributed by atoms with Crippen molar-refractivity contribution in [2.45, 2.75) is 30.2 Å². The molecule has 5 rings (SSSR count). The molecule has 1 aliphatic carbocycles. The largest absolute Gasteiger partial charge is 0.379 e. The number of nitrogens with zero attached hydrogens (tertiary/aromatic N) is 1. The monoisotopic (exact) mass is 444 g/mol. The Kier molecular flexibility index (Phi) is 5.14. The van der Waals surface area contributed by atoms with E-state index in [-0.39, 0.29) is 12.0 Å². The molecule has 1 N–H and O–H groups in total. The van der Waals surface area contributed by atoms with Gasteiger partial charge in [-0.2, -0.15) is 4.31 Å². The van der Waals surface area contributed by atoms with Crippen LogP contribution in [0, 0.1) is 12.8 Å². The zero-order valence-corrected chi connectivity index (χ0v) is 18.4. The fourth-order valence-electron chi connectivity index (χ4n) is 4.92. The lowest BCUT2D eigenvalue weighted by Gasteiger charge is -2.39. The van der Waals surface area contributed by atoms with Gasteiger partial charge in [-0.3, -0.25) is 0 Å². The second kappa shape index (κ2) is 7.68. The molecule has 0 aromatic heterocycles. The molecule has 3 aliphatic rings. The molecular weight excluding hydrogens is 420 g/mol. The SMILES string of the molecule is Cc1ccc(Cl)c2c1NC(c1ccc(S(=O)(=O)N3CCOCC3)cc1)C1CC=CC21. The van der Waals surface area contributed by atoms with E-state index in [0.717, 1.165) is 22.7 Å². The highest BCUT2D eigenvalue weighted by Crippen LogP contribution is 2.52. The molecule has 2 heterocycles. The molecule has 30 heavy (non-hydrogen) atoms. The van der Waals surface area contributed by atoms with E-state index in [1.54, 1.807) is 12.1 Å². The van der Waals surface area contributed by atoms with Crippen LogP contribution in [0.15, 0.2) is 53.4 Å². The smallest absolute Gasteiger partial charge is 0.243 e. The Morgan fingerprint density at radius 3 is 2.57 bits per heavy atom. The van der Waals surface area contributed by atoms with Crippen LogP contribution in [0.5, 0.6) is 0 Å². The summed E-state index contributed by atoms with van der Waals surface area (Å²) in [4.78, 5) is 0.338. The lowest BCUT2D eigenvalue weighted by molar-refractivity contribution is 0.0730. The highest BCUT2D eigenvalue weighted by atomic mass is 35.5. The van der Waals surface area contributed by atoms with Crippen LogP contribution in [-0.4, -0.2) is 39.0 Å². The fourth-order valence-corrected chi connectivity index (χ4v) is 6.61. The highest BCUT2D eigenvalue weighted by molar-refractivity contribution is 7.89. The third-order valence-electron chi connectivity index (χ3n) is 6.52. The van der Waals surface area contributed by atoms with Gasteiger partial charge in [0.15, 0.2) is 0 Å². The van der Waals surface area contributed by atoms with Crippen molar-refractivity contribution in [2.24, 2.45) is 5.92 Å². The van der Waals surface area contributed by atoms with E-state index in [0.29, 0.717) is 37.1 Å². The lowest BCUT2D eigenvalue weighted by atomic mass is 9.76. The first-order chi connectivity index (χ1) is 14.5. The van der Waals surface area contributed by atoms with Crippen molar-refractivity contribution >= 4 is 27.3 Å². The van der Waals surface area contributed by atoms with Crippen molar-refractivity contribution in [1.82, 2.24) is 4.31 Å². The van der Waals surface area contributed by atoms with Crippen LogP contribution in [0.4, 0.5) is 5.69 Å². The maximum absolute atomic E-state index is 12.9. The van der Waals surface area contributed by atoms with Gasteiger partial charge in [-0.1, -0.05) is 42.0 Å². The molecule has 0 saturated carbocycles. The minimum absolute atomic E-state index is 0.106. The Labute approximate surface area is 182 Å². The van der Waals surface area contributed by atoms with Gasteiger partial charge in [0, 0.05) is 35.3 Å². The average molecular weight is 445 g/mol. The van der Waals surface area contributed by atoms with E-state index < -0.39 is 10.0 Å². The average Bonchev–Trinajstić information content (AvgIpc) is 3.26. The van der Waals surface area contributed by atoms with Gasteiger partial charge in [0.2, 0.25) is 10.0 Å². The van der Waals surface area contributed by atoms with Crippen LogP contribution in [0.1, 0.15) is 35.1 Å². The summed E-state index contributed by atoms with van der Waals surface area (Å²) in [5.74, 6) is 0.633. The molecule has 3 atom stereocenters. The van der Waals surface area contributed by atoms with E-state index in [2.05, 4.69) is 24.4 Å². The number of rotatable bonds is 3. The predicted octanol–water partition coefficient (Wildman–Crippen LogP) is 4.50. The topological polar surface area (TPSA) is 58.6 Å². The van der Waals surface area contributed by atoms with Crippen molar-refractivity contribution < 1.29 is 13.2 Å². The van der Waals surface area contributed by atoms with Crippen LogP contribution in [0.2, 0.25) is 5.02 Å². The minimum Gasteiger partial charge on any atom is -0.379 e. The van der Waals surface area contributed by atoms with Crippen LogP contribution in [0.25, 0.3) is 0 Å². The maximum atomic E-state index is 12.9. The molecule has 0 amide bonds. The standard InChI is InChI=1S/C23H25ClN2O3S/c1-15-5-10-20(24)21-18-3-2-4-19(18)23(25-22(15)21)16-6-8-17(9-7-16)30(27,28)26-11-13-29-14-12-26/h2-3,5-10,18-19,23,25H,4,11-14H2,1H3. The molecule has 2 aromatic rings. The molecule has 2 aliphatic heterocycles.